The van der Waals surface area contributed by atoms with Crippen LogP contribution in [0.15, 0.2) is 164 Å². The van der Waals surface area contributed by atoms with Crippen molar-refractivity contribution in [3.05, 3.63) is 186 Å². The van der Waals surface area contributed by atoms with E-state index >= 15 is 0 Å². The first-order valence-corrected chi connectivity index (χ1v) is 25.8. The number of imidazole rings is 1. The maximum atomic E-state index is 7.12. The van der Waals surface area contributed by atoms with Crippen LogP contribution in [0.25, 0.3) is 60.9 Å². The van der Waals surface area contributed by atoms with Gasteiger partial charge in [0.15, 0.2) is 0 Å². The number of hydrogen-bond donors (Lipinski definition) is 0. The maximum absolute atomic E-state index is 7.12. The molecule has 3 aromatic heterocycles. The molecule has 0 atom stereocenters. The Hall–Kier alpha value is -7.64. The quantitative estimate of drug-likeness (QED) is 0.159. The van der Waals surface area contributed by atoms with Crippen molar-refractivity contribution in [2.75, 3.05) is 16.5 Å². The Morgan fingerprint density at radius 3 is 1.83 bits per heavy atom. The number of fused-ring (bicyclic) bond motifs is 7. The molecule has 2 aliphatic rings. The van der Waals surface area contributed by atoms with Gasteiger partial charge in [0, 0.05) is 58.9 Å². The van der Waals surface area contributed by atoms with Crippen molar-refractivity contribution < 1.29 is 4.74 Å². The molecular weight excluding hydrogens is 881 g/mol. The van der Waals surface area contributed by atoms with Crippen molar-refractivity contribution in [3.8, 4) is 39.6 Å². The van der Waals surface area contributed by atoms with Crippen molar-refractivity contribution >= 4 is 55.6 Å². The second kappa shape index (κ2) is 17.0. The summed E-state index contributed by atoms with van der Waals surface area (Å²) in [5.41, 5.74) is 17.2. The molecule has 7 heteroatoms. The smallest absolute Gasteiger partial charge is 0.137 e. The number of ether oxygens (including phenoxy) is 1. The Morgan fingerprint density at radius 2 is 1.14 bits per heavy atom. The molecule has 7 nitrogen and oxygen atoms in total. The lowest BCUT2D eigenvalue weighted by Gasteiger charge is -2.30. The summed E-state index contributed by atoms with van der Waals surface area (Å²) < 4.78 is 11.9. The van der Waals surface area contributed by atoms with Gasteiger partial charge in [-0.3, -0.25) is 4.57 Å². The third kappa shape index (κ3) is 8.00. The van der Waals surface area contributed by atoms with Crippen molar-refractivity contribution in [2.45, 2.75) is 104 Å². The lowest BCUT2D eigenvalue weighted by molar-refractivity contribution is 0.479. The summed E-state index contributed by atoms with van der Waals surface area (Å²) in [4.78, 5) is 15.4. The molecule has 0 fully saturated rings. The highest BCUT2D eigenvalue weighted by Crippen LogP contribution is 2.53. The molecule has 0 saturated heterocycles. The van der Waals surface area contributed by atoms with Crippen molar-refractivity contribution in [3.63, 3.8) is 0 Å². The number of aryl methyl sites for hydroxylation is 2. The van der Waals surface area contributed by atoms with Crippen LogP contribution in [0.3, 0.4) is 0 Å². The van der Waals surface area contributed by atoms with Gasteiger partial charge in [0.05, 0.1) is 39.1 Å². The van der Waals surface area contributed by atoms with Crippen molar-refractivity contribution in [1.29, 1.82) is 0 Å². The zero-order valence-electron chi connectivity index (χ0n) is 43.2. The summed E-state index contributed by atoms with van der Waals surface area (Å²) in [5.74, 6) is 3.63. The lowest BCUT2D eigenvalue weighted by Crippen LogP contribution is -2.26. The maximum Gasteiger partial charge on any atom is 0.137 e. The second-order valence-corrected chi connectivity index (χ2v) is 23.1. The molecule has 5 heterocycles. The third-order valence-corrected chi connectivity index (χ3v) is 15.0. The largest absolute Gasteiger partial charge is 0.457 e. The van der Waals surface area contributed by atoms with Crippen LogP contribution in [0, 0.1) is 0 Å². The fourth-order valence-electron chi connectivity index (χ4n) is 11.0. The van der Waals surface area contributed by atoms with Gasteiger partial charge in [0.25, 0.3) is 0 Å². The number of para-hydroxylation sites is 1. The number of pyridine rings is 1. The summed E-state index contributed by atoms with van der Waals surface area (Å²) in [7, 11) is 0. The van der Waals surface area contributed by atoms with E-state index in [9.17, 15) is 0 Å². The van der Waals surface area contributed by atoms with E-state index in [4.69, 9.17) is 14.7 Å². The molecule has 2 aliphatic heterocycles. The van der Waals surface area contributed by atoms with Gasteiger partial charge in [0.2, 0.25) is 0 Å². The van der Waals surface area contributed by atoms with Gasteiger partial charge in [-0.2, -0.15) is 0 Å². The Bertz CT molecular complexity index is 3650. The van der Waals surface area contributed by atoms with Gasteiger partial charge in [0.1, 0.15) is 29.8 Å². The lowest BCUT2D eigenvalue weighted by atomic mass is 9.82. The van der Waals surface area contributed by atoms with Crippen molar-refractivity contribution in [1.82, 2.24) is 19.1 Å². The Balaban J connectivity index is 1.04. The Kier molecular flexibility index (Phi) is 10.7. The van der Waals surface area contributed by atoms with E-state index in [2.05, 4.69) is 239 Å². The van der Waals surface area contributed by atoms with E-state index < -0.39 is 0 Å². The van der Waals surface area contributed by atoms with Crippen LogP contribution < -0.4 is 14.5 Å². The monoisotopic (exact) mass is 945 g/mol. The molecule has 0 saturated carbocycles. The normalized spacial score (nSPS) is 14.1. The number of aromatic nitrogens is 4. The van der Waals surface area contributed by atoms with Gasteiger partial charge in [-0.05, 0) is 124 Å². The summed E-state index contributed by atoms with van der Waals surface area (Å²) in [5, 5.41) is 2.34. The number of hydrogen-bond acceptors (Lipinski definition) is 5. The molecule has 10 aromatic rings. The van der Waals surface area contributed by atoms with Crippen LogP contribution in [0.5, 0.6) is 11.5 Å². The SMILES string of the molecule is CC(C)(C)c1cc(Oc2ccc3c4ccccc4n(-c4cc(C(C)(C)C)ccn4)c3c2)cc(N2CN(c3c(-c4ccccc4)cc(C(C)(C)C)cc3-c3ccccc3)c3cc4c(cc32)nc2n4CCCC2)c1. The second-order valence-electron chi connectivity index (χ2n) is 23.1. The van der Waals surface area contributed by atoms with Crippen molar-refractivity contribution in [2.24, 2.45) is 0 Å². The van der Waals surface area contributed by atoms with Gasteiger partial charge in [-0.1, -0.05) is 141 Å². The number of nitrogens with zero attached hydrogens (tertiary/aromatic N) is 6. The first kappa shape index (κ1) is 45.5. The molecule has 0 amide bonds. The van der Waals surface area contributed by atoms with E-state index in [1.807, 2.05) is 6.20 Å². The first-order valence-electron chi connectivity index (χ1n) is 25.8. The molecule has 360 valence electrons. The van der Waals surface area contributed by atoms with Crippen LogP contribution in [-0.4, -0.2) is 25.8 Å². The van der Waals surface area contributed by atoms with E-state index in [0.29, 0.717) is 6.67 Å². The predicted octanol–water partition coefficient (Wildman–Crippen LogP) is 17.1. The van der Waals surface area contributed by atoms with Crippen LogP contribution >= 0.6 is 0 Å². The fraction of sp³-hybridized carbons (Fsp3) is 0.262. The Morgan fingerprint density at radius 1 is 0.500 bits per heavy atom. The predicted molar refractivity (Wildman–Crippen MR) is 300 cm³/mol. The number of benzene rings is 7. The minimum absolute atomic E-state index is 0.0251. The first-order chi connectivity index (χ1) is 34.6. The average molecular weight is 945 g/mol. The zero-order valence-corrected chi connectivity index (χ0v) is 43.2. The van der Waals surface area contributed by atoms with Crippen LogP contribution in [0.4, 0.5) is 22.7 Å². The summed E-state index contributed by atoms with van der Waals surface area (Å²) >= 11 is 0. The highest BCUT2D eigenvalue weighted by molar-refractivity contribution is 6.09. The molecule has 0 spiro atoms. The van der Waals surface area contributed by atoms with Gasteiger partial charge < -0.3 is 19.1 Å². The minimum Gasteiger partial charge on any atom is -0.457 e. The highest BCUT2D eigenvalue weighted by Gasteiger charge is 2.35. The van der Waals surface area contributed by atoms with Crippen LogP contribution in [-0.2, 0) is 29.2 Å². The highest BCUT2D eigenvalue weighted by atomic mass is 16.5. The summed E-state index contributed by atoms with van der Waals surface area (Å²) in [6.45, 7) is 22.2. The molecule has 72 heavy (non-hydrogen) atoms. The third-order valence-electron chi connectivity index (χ3n) is 15.0. The molecule has 0 unspecified atom stereocenters. The molecule has 0 bridgehead atoms. The molecule has 0 N–H and O–H groups in total. The molecular formula is C65H64N6O. The van der Waals surface area contributed by atoms with E-state index in [1.54, 1.807) is 0 Å². The molecule has 12 rings (SSSR count). The van der Waals surface area contributed by atoms with E-state index in [0.717, 1.165) is 70.0 Å². The van der Waals surface area contributed by atoms with Gasteiger partial charge >= 0.3 is 0 Å². The Labute approximate surface area is 424 Å². The molecule has 0 aliphatic carbocycles. The van der Waals surface area contributed by atoms with Crippen LogP contribution in [0.2, 0.25) is 0 Å². The zero-order chi connectivity index (χ0) is 49.7. The fourth-order valence-corrected chi connectivity index (χ4v) is 11.0. The van der Waals surface area contributed by atoms with E-state index in [-0.39, 0.29) is 16.2 Å². The standard InChI is InChI=1S/C65H64N6O/c1-63(2,3)44-29-30-66-61(36-44)71-55-25-17-16-24-50(55)51-28-27-48(38-56(51)71)72-49-33-45(64(4,5)6)32-47(37-49)69-41-70(59-40-57-54(39-58(59)69)67-60-26-18-19-31-68(57)60)62-52(42-20-12-10-13-21-42)34-46(65(7,8)9)35-53(62)43-22-14-11-15-23-43/h10-17,20-25,27-30,32-40H,18-19,26,31,41H2,1-9H3. The summed E-state index contributed by atoms with van der Waals surface area (Å²) in [6.07, 6.45) is 5.26. The topological polar surface area (TPSA) is 51.4 Å². The average Bonchev–Trinajstić information content (AvgIpc) is 4.04. The number of anilines is 4. The summed E-state index contributed by atoms with van der Waals surface area (Å²) in [6, 6.07) is 57.9. The molecule has 0 radical (unpaired) electrons. The van der Waals surface area contributed by atoms with Gasteiger partial charge in [-0.15, -0.1) is 0 Å². The number of rotatable bonds is 7. The van der Waals surface area contributed by atoms with E-state index in [1.165, 1.54) is 73.5 Å². The van der Waals surface area contributed by atoms with Crippen LogP contribution in [0.1, 0.15) is 97.7 Å². The van der Waals surface area contributed by atoms with Gasteiger partial charge in [-0.25, -0.2) is 9.97 Å². The molecule has 7 aromatic carbocycles. The minimum atomic E-state index is -0.174.